The van der Waals surface area contributed by atoms with E-state index in [-0.39, 0.29) is 12.6 Å². The number of aryl methyl sites for hydroxylation is 2. The number of nitrogens with zero attached hydrogens (tertiary/aromatic N) is 3. The van der Waals surface area contributed by atoms with Crippen LogP contribution >= 0.6 is 27.7 Å². The van der Waals surface area contributed by atoms with Gasteiger partial charge in [-0.1, -0.05) is 39.8 Å². The second-order valence-electron chi connectivity index (χ2n) is 8.13. The number of ether oxygens (including phenoxy) is 1. The number of thioether (sulfide) groups is 1. The standard InChI is InChI=1S/C25H25BrN4O3S/c1-3-33-24(31)21-20(30(2)25(32)29-22(21)15-8-10-18(26)11-9-15)14-34-23-17(13-27)12-16-6-4-5-7-19(16)28-23/h8-12,22H,3-7,14H2,1-2H3,(H,29,32). The molecule has 7 nitrogen and oxygen atoms in total. The smallest absolute Gasteiger partial charge is 0.338 e. The summed E-state index contributed by atoms with van der Waals surface area (Å²) in [6.45, 7) is 1.97. The highest BCUT2D eigenvalue weighted by molar-refractivity contribution is 9.10. The average molecular weight is 541 g/mol. The molecule has 176 valence electrons. The highest BCUT2D eigenvalue weighted by atomic mass is 79.9. The first-order chi connectivity index (χ1) is 16.4. The zero-order chi connectivity index (χ0) is 24.2. The summed E-state index contributed by atoms with van der Waals surface area (Å²) in [6.07, 6.45) is 4.04. The van der Waals surface area contributed by atoms with Crippen LogP contribution in [-0.4, -0.2) is 41.3 Å². The number of hydrogen-bond donors (Lipinski definition) is 1. The Bertz CT molecular complexity index is 1190. The molecule has 0 fully saturated rings. The van der Waals surface area contributed by atoms with E-state index in [4.69, 9.17) is 9.72 Å². The van der Waals surface area contributed by atoms with Crippen molar-refractivity contribution < 1.29 is 14.3 Å². The fraction of sp³-hybridized carbons (Fsp3) is 0.360. The van der Waals surface area contributed by atoms with Crippen molar-refractivity contribution >= 4 is 39.7 Å². The lowest BCUT2D eigenvalue weighted by Gasteiger charge is -2.34. The lowest BCUT2D eigenvalue weighted by molar-refractivity contribution is -0.139. The maximum atomic E-state index is 13.1. The summed E-state index contributed by atoms with van der Waals surface area (Å²) in [5.74, 6) is -0.178. The van der Waals surface area contributed by atoms with E-state index in [0.717, 1.165) is 47.0 Å². The minimum Gasteiger partial charge on any atom is -0.463 e. The van der Waals surface area contributed by atoms with Gasteiger partial charge in [-0.25, -0.2) is 14.6 Å². The van der Waals surface area contributed by atoms with Crippen LogP contribution in [-0.2, 0) is 22.4 Å². The normalized spacial score (nSPS) is 17.6. The fourth-order valence-electron chi connectivity index (χ4n) is 4.23. The zero-order valence-corrected chi connectivity index (χ0v) is 21.5. The van der Waals surface area contributed by atoms with E-state index in [1.54, 1.807) is 14.0 Å². The molecule has 0 bridgehead atoms. The van der Waals surface area contributed by atoms with E-state index in [9.17, 15) is 14.9 Å². The number of carbonyl (C=O) groups excluding carboxylic acids is 2. The SMILES string of the molecule is CCOC(=O)C1=C(CSc2nc3c(cc2C#N)CCCC3)N(C)C(=O)NC1c1ccc(Br)cc1. The molecule has 0 radical (unpaired) electrons. The number of fused-ring (bicyclic) bond motifs is 1. The number of halogens is 1. The molecule has 2 amide bonds. The summed E-state index contributed by atoms with van der Waals surface area (Å²) >= 11 is 4.79. The number of benzene rings is 1. The Morgan fingerprint density at radius 1 is 1.32 bits per heavy atom. The third kappa shape index (κ3) is 4.98. The van der Waals surface area contributed by atoms with Gasteiger partial charge < -0.3 is 10.1 Å². The molecule has 0 saturated heterocycles. The number of amides is 2. The van der Waals surface area contributed by atoms with Gasteiger partial charge in [-0.3, -0.25) is 4.90 Å². The van der Waals surface area contributed by atoms with Crippen molar-refractivity contribution in [2.45, 2.75) is 43.7 Å². The van der Waals surface area contributed by atoms with Crippen molar-refractivity contribution in [3.63, 3.8) is 0 Å². The molecule has 0 spiro atoms. The Morgan fingerprint density at radius 2 is 2.06 bits per heavy atom. The number of pyridine rings is 1. The Kier molecular flexibility index (Phi) is 7.59. The van der Waals surface area contributed by atoms with Crippen LogP contribution in [0.4, 0.5) is 4.79 Å². The molecule has 1 aromatic heterocycles. The summed E-state index contributed by atoms with van der Waals surface area (Å²) in [4.78, 5) is 32.2. The van der Waals surface area contributed by atoms with Gasteiger partial charge in [0.15, 0.2) is 0 Å². The minimum atomic E-state index is -0.640. The van der Waals surface area contributed by atoms with Crippen LogP contribution in [0.3, 0.4) is 0 Å². The van der Waals surface area contributed by atoms with Gasteiger partial charge in [0.25, 0.3) is 0 Å². The summed E-state index contributed by atoms with van der Waals surface area (Å²) in [5, 5.41) is 13.2. The fourth-order valence-corrected chi connectivity index (χ4v) is 5.55. The largest absolute Gasteiger partial charge is 0.463 e. The maximum absolute atomic E-state index is 13.1. The van der Waals surface area contributed by atoms with Crippen molar-refractivity contribution in [3.8, 4) is 6.07 Å². The van der Waals surface area contributed by atoms with E-state index in [2.05, 4.69) is 27.3 Å². The van der Waals surface area contributed by atoms with E-state index >= 15 is 0 Å². The van der Waals surface area contributed by atoms with E-state index in [1.165, 1.54) is 16.7 Å². The highest BCUT2D eigenvalue weighted by Crippen LogP contribution is 2.35. The van der Waals surface area contributed by atoms with Gasteiger partial charge in [-0.15, -0.1) is 0 Å². The molecule has 9 heteroatoms. The average Bonchev–Trinajstić information content (AvgIpc) is 2.84. The topological polar surface area (TPSA) is 95.3 Å². The third-order valence-electron chi connectivity index (χ3n) is 6.01. The Morgan fingerprint density at radius 3 is 2.76 bits per heavy atom. The van der Waals surface area contributed by atoms with Crippen molar-refractivity contribution in [3.05, 3.63) is 68.5 Å². The van der Waals surface area contributed by atoms with Gasteiger partial charge in [0.2, 0.25) is 0 Å². The summed E-state index contributed by atoms with van der Waals surface area (Å²) in [7, 11) is 1.63. The number of nitrogens with one attached hydrogen (secondary N) is 1. The van der Waals surface area contributed by atoms with Gasteiger partial charge in [-0.2, -0.15) is 5.26 Å². The molecule has 34 heavy (non-hydrogen) atoms. The molecular weight excluding hydrogens is 516 g/mol. The van der Waals surface area contributed by atoms with Crippen molar-refractivity contribution in [2.75, 3.05) is 19.4 Å². The molecule has 1 aromatic carbocycles. The molecule has 2 heterocycles. The second-order valence-corrected chi connectivity index (χ2v) is 10.0. The summed E-state index contributed by atoms with van der Waals surface area (Å²) in [5.41, 5.74) is 4.41. The molecule has 4 rings (SSSR count). The van der Waals surface area contributed by atoms with Gasteiger partial charge in [0, 0.05) is 28.7 Å². The molecule has 2 aromatic rings. The monoisotopic (exact) mass is 540 g/mol. The minimum absolute atomic E-state index is 0.221. The van der Waals surface area contributed by atoms with Crippen molar-refractivity contribution in [2.24, 2.45) is 0 Å². The lowest BCUT2D eigenvalue weighted by Crippen LogP contribution is -2.47. The second kappa shape index (κ2) is 10.6. The summed E-state index contributed by atoms with van der Waals surface area (Å²) < 4.78 is 6.28. The van der Waals surface area contributed by atoms with Gasteiger partial charge in [0.05, 0.1) is 23.8 Å². The van der Waals surface area contributed by atoms with Crippen LogP contribution in [0.5, 0.6) is 0 Å². The van der Waals surface area contributed by atoms with Crippen molar-refractivity contribution in [1.82, 2.24) is 15.2 Å². The third-order valence-corrected chi connectivity index (χ3v) is 7.54. The predicted molar refractivity (Wildman–Crippen MR) is 133 cm³/mol. The van der Waals surface area contributed by atoms with Crippen molar-refractivity contribution in [1.29, 1.82) is 5.26 Å². The molecule has 1 unspecified atom stereocenters. The van der Waals surface area contributed by atoms with Crippen LogP contribution in [0.25, 0.3) is 0 Å². The first-order valence-corrected chi connectivity index (χ1v) is 13.0. The number of rotatable bonds is 6. The first-order valence-electron chi connectivity index (χ1n) is 11.2. The Balaban J connectivity index is 1.73. The summed E-state index contributed by atoms with van der Waals surface area (Å²) in [6, 6.07) is 10.7. The van der Waals surface area contributed by atoms with E-state index in [0.29, 0.717) is 27.6 Å². The van der Waals surface area contributed by atoms with Crippen LogP contribution < -0.4 is 5.32 Å². The maximum Gasteiger partial charge on any atom is 0.338 e. The molecule has 1 atom stereocenters. The van der Waals surface area contributed by atoms with Gasteiger partial charge >= 0.3 is 12.0 Å². The highest BCUT2D eigenvalue weighted by Gasteiger charge is 2.36. The van der Waals surface area contributed by atoms with Gasteiger partial charge in [-0.05, 0) is 61.9 Å². The number of esters is 1. The van der Waals surface area contributed by atoms with E-state index < -0.39 is 12.0 Å². The first kappa shape index (κ1) is 24.3. The predicted octanol–water partition coefficient (Wildman–Crippen LogP) is 4.90. The molecule has 1 aliphatic heterocycles. The molecule has 1 N–H and O–H groups in total. The molecule has 0 saturated carbocycles. The zero-order valence-electron chi connectivity index (χ0n) is 19.1. The van der Waals surface area contributed by atoms with E-state index in [1.807, 2.05) is 30.3 Å². The number of nitriles is 1. The molecular formula is C25H25BrN4O3S. The Labute approximate surface area is 211 Å². The number of carbonyl (C=O) groups is 2. The molecule has 2 aliphatic rings. The van der Waals surface area contributed by atoms with Crippen LogP contribution in [0.15, 0.2) is 51.1 Å². The molecule has 1 aliphatic carbocycles. The van der Waals surface area contributed by atoms with Gasteiger partial charge in [0.1, 0.15) is 11.1 Å². The number of hydrogen-bond acceptors (Lipinski definition) is 6. The Hall–Kier alpha value is -2.83. The quantitative estimate of drug-likeness (QED) is 0.413. The van der Waals surface area contributed by atoms with Crippen LogP contribution in [0, 0.1) is 11.3 Å². The van der Waals surface area contributed by atoms with Crippen LogP contribution in [0.2, 0.25) is 0 Å². The lowest BCUT2D eigenvalue weighted by atomic mass is 9.95. The number of aromatic nitrogens is 1. The van der Waals surface area contributed by atoms with Crippen LogP contribution in [0.1, 0.15) is 48.2 Å². The number of urea groups is 1.